The molecule has 1 aromatic carbocycles. The molecule has 0 aliphatic heterocycles. The first-order valence-electron chi connectivity index (χ1n) is 4.35. The number of nitrogens with one attached hydrogen (secondary N) is 1. The molecule has 0 aromatic heterocycles. The van der Waals surface area contributed by atoms with Crippen molar-refractivity contribution >= 4 is 17.4 Å². The zero-order chi connectivity index (χ0) is 10.6. The van der Waals surface area contributed by atoms with Crippen molar-refractivity contribution in [3.05, 3.63) is 34.3 Å². The molecule has 0 fully saturated rings. The van der Waals surface area contributed by atoms with E-state index >= 15 is 0 Å². The summed E-state index contributed by atoms with van der Waals surface area (Å²) in [6.45, 7) is 3.08. The zero-order valence-corrected chi connectivity index (χ0v) is 8.77. The van der Waals surface area contributed by atoms with E-state index in [1.165, 1.54) is 0 Å². The maximum atomic E-state index is 7.23. The van der Waals surface area contributed by atoms with Gasteiger partial charge < -0.3 is 10.5 Å². The van der Waals surface area contributed by atoms with E-state index < -0.39 is 0 Å². The minimum Gasteiger partial charge on any atom is -0.384 e. The summed E-state index contributed by atoms with van der Waals surface area (Å²) in [5, 5.41) is 7.82. The Hall–Kier alpha value is -1.06. The molecule has 0 aliphatic rings. The molecule has 1 aromatic rings. The second-order valence-corrected chi connectivity index (χ2v) is 3.26. The lowest BCUT2D eigenvalue weighted by Gasteiger charge is -2.06. The van der Waals surface area contributed by atoms with Crippen molar-refractivity contribution in [2.45, 2.75) is 13.5 Å². The number of rotatable bonds is 4. The van der Waals surface area contributed by atoms with Crippen LogP contribution in [0.25, 0.3) is 0 Å². The number of nitrogen functional groups attached to an aromatic ring is 1. The van der Waals surface area contributed by atoms with Crippen LogP contribution in [-0.2, 0) is 11.3 Å². The number of ether oxygens (including phenoxy) is 1. The van der Waals surface area contributed by atoms with Crippen molar-refractivity contribution in [1.82, 2.24) is 0 Å². The van der Waals surface area contributed by atoms with Gasteiger partial charge in [-0.15, -0.1) is 0 Å². The molecule has 14 heavy (non-hydrogen) atoms. The Morgan fingerprint density at radius 1 is 1.57 bits per heavy atom. The van der Waals surface area contributed by atoms with Crippen molar-refractivity contribution in [2.24, 2.45) is 5.73 Å². The van der Waals surface area contributed by atoms with Crippen LogP contribution < -0.4 is 5.73 Å². The van der Waals surface area contributed by atoms with Crippen LogP contribution >= 0.6 is 11.6 Å². The second kappa shape index (κ2) is 4.98. The molecule has 3 N–H and O–H groups in total. The molecule has 0 saturated heterocycles. The quantitative estimate of drug-likeness (QED) is 0.594. The molecular formula is C10H13ClN2O. The summed E-state index contributed by atoms with van der Waals surface area (Å²) in [4.78, 5) is 0. The molecule has 0 spiro atoms. The van der Waals surface area contributed by atoms with Gasteiger partial charge in [0.25, 0.3) is 0 Å². The fourth-order valence-electron chi connectivity index (χ4n) is 1.04. The van der Waals surface area contributed by atoms with Crippen LogP contribution in [0, 0.1) is 5.41 Å². The highest BCUT2D eigenvalue weighted by atomic mass is 35.5. The van der Waals surface area contributed by atoms with E-state index in [1.54, 1.807) is 12.1 Å². The van der Waals surface area contributed by atoms with E-state index in [0.717, 1.165) is 5.56 Å². The molecule has 0 saturated carbocycles. The summed E-state index contributed by atoms with van der Waals surface area (Å²) in [6, 6.07) is 5.27. The van der Waals surface area contributed by atoms with Crippen molar-refractivity contribution in [3.63, 3.8) is 0 Å². The lowest BCUT2D eigenvalue weighted by molar-refractivity contribution is 0.134. The number of benzene rings is 1. The van der Waals surface area contributed by atoms with Crippen LogP contribution in [0.2, 0.25) is 5.02 Å². The zero-order valence-electron chi connectivity index (χ0n) is 8.01. The van der Waals surface area contributed by atoms with Gasteiger partial charge in [-0.25, -0.2) is 0 Å². The maximum Gasteiger partial charge on any atom is 0.122 e. The van der Waals surface area contributed by atoms with Gasteiger partial charge >= 0.3 is 0 Å². The van der Waals surface area contributed by atoms with E-state index in [4.69, 9.17) is 27.5 Å². The molecule has 76 valence electrons. The third kappa shape index (κ3) is 2.72. The Labute approximate surface area is 88.3 Å². The monoisotopic (exact) mass is 212 g/mol. The first-order valence-corrected chi connectivity index (χ1v) is 4.73. The molecule has 3 nitrogen and oxygen atoms in total. The Kier molecular flexibility index (Phi) is 3.92. The van der Waals surface area contributed by atoms with Crippen LogP contribution in [0.1, 0.15) is 18.1 Å². The Morgan fingerprint density at radius 2 is 2.29 bits per heavy atom. The van der Waals surface area contributed by atoms with Gasteiger partial charge in [-0.3, -0.25) is 5.41 Å². The molecule has 4 heteroatoms. The largest absolute Gasteiger partial charge is 0.384 e. The Morgan fingerprint density at radius 3 is 2.79 bits per heavy atom. The summed E-state index contributed by atoms with van der Waals surface area (Å²) in [5.41, 5.74) is 6.88. The minimum absolute atomic E-state index is 0.0230. The van der Waals surface area contributed by atoms with Crippen molar-refractivity contribution in [1.29, 1.82) is 5.41 Å². The number of amidine groups is 1. The van der Waals surface area contributed by atoms with Crippen LogP contribution in [0.5, 0.6) is 0 Å². The smallest absolute Gasteiger partial charge is 0.122 e. The van der Waals surface area contributed by atoms with Gasteiger partial charge in [-0.2, -0.15) is 0 Å². The molecule has 0 heterocycles. The lowest BCUT2D eigenvalue weighted by Crippen LogP contribution is -2.11. The normalized spacial score (nSPS) is 10.1. The third-order valence-electron chi connectivity index (χ3n) is 1.83. The fraction of sp³-hybridized carbons (Fsp3) is 0.300. The van der Waals surface area contributed by atoms with Gasteiger partial charge in [-0.1, -0.05) is 23.7 Å². The average molecular weight is 213 g/mol. The molecule has 0 amide bonds. The number of hydrogen-bond acceptors (Lipinski definition) is 2. The highest BCUT2D eigenvalue weighted by Crippen LogP contribution is 2.18. The molecule has 0 bridgehead atoms. The third-order valence-corrected chi connectivity index (χ3v) is 2.18. The van der Waals surface area contributed by atoms with E-state index in [-0.39, 0.29) is 5.84 Å². The standard InChI is InChI=1S/C10H13ClN2O/c1-2-14-6-8-4-3-7(10(12)13)5-9(8)11/h3-5H,2,6H2,1H3,(H3,12,13). The van der Waals surface area contributed by atoms with Crippen LogP contribution in [0.4, 0.5) is 0 Å². The van der Waals surface area contributed by atoms with Gasteiger partial charge in [0.1, 0.15) is 5.84 Å². The molecule has 1 rings (SSSR count). The number of hydrogen-bond donors (Lipinski definition) is 2. The van der Waals surface area contributed by atoms with Crippen LogP contribution in [0.3, 0.4) is 0 Å². The molecule has 0 unspecified atom stereocenters. The predicted molar refractivity (Wildman–Crippen MR) is 57.8 cm³/mol. The van der Waals surface area contributed by atoms with E-state index in [1.807, 2.05) is 13.0 Å². The molecular weight excluding hydrogens is 200 g/mol. The topological polar surface area (TPSA) is 59.1 Å². The van der Waals surface area contributed by atoms with Gasteiger partial charge in [-0.05, 0) is 18.6 Å². The molecule has 0 atom stereocenters. The second-order valence-electron chi connectivity index (χ2n) is 2.86. The summed E-state index contributed by atoms with van der Waals surface area (Å²) < 4.78 is 5.23. The van der Waals surface area contributed by atoms with Crippen LogP contribution in [0.15, 0.2) is 18.2 Å². The van der Waals surface area contributed by atoms with Crippen molar-refractivity contribution in [2.75, 3.05) is 6.61 Å². The highest BCUT2D eigenvalue weighted by Gasteiger charge is 2.03. The summed E-state index contributed by atoms with van der Waals surface area (Å²) in [6.07, 6.45) is 0. The van der Waals surface area contributed by atoms with Gasteiger partial charge in [0.05, 0.1) is 6.61 Å². The fourth-order valence-corrected chi connectivity index (χ4v) is 1.28. The highest BCUT2D eigenvalue weighted by molar-refractivity contribution is 6.31. The average Bonchev–Trinajstić information content (AvgIpc) is 2.15. The number of nitrogens with two attached hydrogens (primary N) is 1. The molecule has 0 radical (unpaired) electrons. The predicted octanol–water partition coefficient (Wildman–Crippen LogP) is 2.16. The Balaban J connectivity index is 2.84. The van der Waals surface area contributed by atoms with E-state index in [2.05, 4.69) is 0 Å². The maximum absolute atomic E-state index is 7.23. The van der Waals surface area contributed by atoms with Gasteiger partial charge in [0.2, 0.25) is 0 Å². The van der Waals surface area contributed by atoms with Crippen molar-refractivity contribution < 1.29 is 4.74 Å². The van der Waals surface area contributed by atoms with Crippen LogP contribution in [-0.4, -0.2) is 12.4 Å². The first kappa shape index (κ1) is 11.0. The summed E-state index contributed by atoms with van der Waals surface area (Å²) in [5.74, 6) is 0.0230. The first-order chi connectivity index (χ1) is 6.65. The molecule has 0 aliphatic carbocycles. The van der Waals surface area contributed by atoms with E-state index in [0.29, 0.717) is 23.8 Å². The van der Waals surface area contributed by atoms with Gasteiger partial charge in [0.15, 0.2) is 0 Å². The van der Waals surface area contributed by atoms with E-state index in [9.17, 15) is 0 Å². The Bertz CT molecular complexity index is 339. The summed E-state index contributed by atoms with van der Waals surface area (Å²) >= 11 is 5.98. The number of halogens is 1. The minimum atomic E-state index is 0.0230. The summed E-state index contributed by atoms with van der Waals surface area (Å²) in [7, 11) is 0. The van der Waals surface area contributed by atoms with Gasteiger partial charge in [0, 0.05) is 17.2 Å². The SMILES string of the molecule is CCOCc1ccc(C(=N)N)cc1Cl. The van der Waals surface area contributed by atoms with Crippen molar-refractivity contribution in [3.8, 4) is 0 Å². The lowest BCUT2D eigenvalue weighted by atomic mass is 10.1.